The fourth-order valence-electron chi connectivity index (χ4n) is 1.33. The summed E-state index contributed by atoms with van der Waals surface area (Å²) in [5, 5.41) is 0. The lowest BCUT2D eigenvalue weighted by atomic mass is 10.3. The van der Waals surface area contributed by atoms with E-state index in [1.807, 2.05) is 6.07 Å². The van der Waals surface area contributed by atoms with Gasteiger partial charge in [-0.25, -0.2) is 9.59 Å². The normalized spacial score (nSPS) is 16.9. The maximum atomic E-state index is 11.2. The number of amides is 2. The van der Waals surface area contributed by atoms with Crippen molar-refractivity contribution in [2.45, 2.75) is 0 Å². The molecule has 0 radical (unpaired) electrons. The van der Waals surface area contributed by atoms with Crippen molar-refractivity contribution < 1.29 is 14.5 Å². The van der Waals surface area contributed by atoms with Crippen LogP contribution in [0.3, 0.4) is 0 Å². The molecule has 0 saturated carbocycles. The van der Waals surface area contributed by atoms with Gasteiger partial charge >= 0.3 is 11.8 Å². The highest BCUT2D eigenvalue weighted by Gasteiger charge is 2.31. The smallest absolute Gasteiger partial charge is 0.225 e. The SMILES string of the molecule is O=C1C=CC(=O)[NH+]1c1ccccc1. The van der Waals surface area contributed by atoms with E-state index in [0.29, 0.717) is 5.69 Å². The molecule has 2 amide bonds. The number of quaternary nitrogens is 1. The third kappa shape index (κ3) is 1.29. The molecule has 0 aliphatic carbocycles. The Bertz CT molecular complexity index is 363. The predicted octanol–water partition coefficient (Wildman–Crippen LogP) is -0.174. The van der Waals surface area contributed by atoms with E-state index in [1.54, 1.807) is 24.3 Å². The Morgan fingerprint density at radius 1 is 0.846 bits per heavy atom. The Morgan fingerprint density at radius 2 is 1.38 bits per heavy atom. The lowest BCUT2D eigenvalue weighted by Gasteiger charge is -2.05. The van der Waals surface area contributed by atoms with E-state index in [9.17, 15) is 9.59 Å². The van der Waals surface area contributed by atoms with Crippen LogP contribution in [0.1, 0.15) is 0 Å². The Morgan fingerprint density at radius 3 is 1.92 bits per heavy atom. The maximum absolute atomic E-state index is 11.2. The number of nitrogens with one attached hydrogen (secondary N) is 1. The van der Waals surface area contributed by atoms with Crippen molar-refractivity contribution in [3.05, 3.63) is 42.5 Å². The number of benzene rings is 1. The average molecular weight is 174 g/mol. The third-order valence-corrected chi connectivity index (χ3v) is 1.94. The van der Waals surface area contributed by atoms with Gasteiger partial charge in [0.05, 0.1) is 12.2 Å². The molecule has 0 fully saturated rings. The third-order valence-electron chi connectivity index (χ3n) is 1.94. The Hall–Kier alpha value is -1.74. The van der Waals surface area contributed by atoms with Crippen molar-refractivity contribution in [2.75, 3.05) is 0 Å². The summed E-state index contributed by atoms with van der Waals surface area (Å²) in [7, 11) is 0. The molecule has 0 saturated heterocycles. The minimum Gasteiger partial charge on any atom is -0.225 e. The second-order valence-corrected chi connectivity index (χ2v) is 2.80. The van der Waals surface area contributed by atoms with E-state index in [0.717, 1.165) is 0 Å². The summed E-state index contributed by atoms with van der Waals surface area (Å²) < 4.78 is 0. The first-order valence-corrected chi connectivity index (χ1v) is 3.98. The number of para-hydroxylation sites is 1. The molecule has 1 heterocycles. The standard InChI is InChI=1S/C10H7NO2/c12-9-6-7-10(13)11(9)8-4-2-1-3-5-8/h1-7H/p+1. The zero-order chi connectivity index (χ0) is 9.26. The van der Waals surface area contributed by atoms with Gasteiger partial charge in [-0.2, -0.15) is 4.90 Å². The van der Waals surface area contributed by atoms with E-state index < -0.39 is 0 Å². The predicted molar refractivity (Wildman–Crippen MR) is 46.2 cm³/mol. The molecule has 1 aliphatic heterocycles. The minimum atomic E-state index is -0.198. The number of hydrogen-bond donors (Lipinski definition) is 1. The number of carbonyl (C=O) groups is 2. The van der Waals surface area contributed by atoms with Crippen LogP contribution in [0.4, 0.5) is 5.69 Å². The van der Waals surface area contributed by atoms with E-state index in [4.69, 9.17) is 0 Å². The highest BCUT2D eigenvalue weighted by atomic mass is 16.2. The van der Waals surface area contributed by atoms with Gasteiger partial charge in [0.15, 0.2) is 0 Å². The first kappa shape index (κ1) is 7.89. The van der Waals surface area contributed by atoms with Gasteiger partial charge in [-0.1, -0.05) is 18.2 Å². The molecule has 1 aromatic carbocycles. The van der Waals surface area contributed by atoms with Crippen molar-refractivity contribution in [1.82, 2.24) is 0 Å². The van der Waals surface area contributed by atoms with E-state index in [1.165, 1.54) is 12.2 Å². The maximum Gasteiger partial charge on any atom is 0.350 e. The van der Waals surface area contributed by atoms with Crippen molar-refractivity contribution >= 4 is 17.5 Å². The molecule has 1 aromatic rings. The number of rotatable bonds is 1. The Labute approximate surface area is 75.3 Å². The van der Waals surface area contributed by atoms with E-state index in [2.05, 4.69) is 0 Å². The minimum absolute atomic E-state index is 0.198. The molecule has 13 heavy (non-hydrogen) atoms. The summed E-state index contributed by atoms with van der Waals surface area (Å²) >= 11 is 0. The Kier molecular flexibility index (Phi) is 1.79. The van der Waals surface area contributed by atoms with Crippen molar-refractivity contribution in [3.63, 3.8) is 0 Å². The van der Waals surface area contributed by atoms with Crippen LogP contribution in [0, 0.1) is 0 Å². The molecule has 0 spiro atoms. The molecule has 0 bridgehead atoms. The van der Waals surface area contributed by atoms with Gasteiger partial charge in [0.1, 0.15) is 5.69 Å². The fraction of sp³-hybridized carbons (Fsp3) is 0. The van der Waals surface area contributed by atoms with Gasteiger partial charge in [0.2, 0.25) is 0 Å². The van der Waals surface area contributed by atoms with Gasteiger partial charge in [-0.15, -0.1) is 0 Å². The Balaban J connectivity index is 2.38. The summed E-state index contributed by atoms with van der Waals surface area (Å²) in [6.07, 6.45) is 2.62. The molecular weight excluding hydrogens is 166 g/mol. The molecule has 0 unspecified atom stereocenters. The van der Waals surface area contributed by atoms with Gasteiger partial charge in [0.25, 0.3) is 0 Å². The van der Waals surface area contributed by atoms with Crippen molar-refractivity contribution in [2.24, 2.45) is 0 Å². The summed E-state index contributed by atoms with van der Waals surface area (Å²) in [6.45, 7) is 0. The van der Waals surface area contributed by atoms with Gasteiger partial charge in [-0.3, -0.25) is 0 Å². The van der Waals surface area contributed by atoms with Crippen LogP contribution in [-0.2, 0) is 9.59 Å². The van der Waals surface area contributed by atoms with Crippen LogP contribution in [-0.4, -0.2) is 11.8 Å². The van der Waals surface area contributed by atoms with Crippen molar-refractivity contribution in [3.8, 4) is 0 Å². The largest absolute Gasteiger partial charge is 0.350 e. The number of imide groups is 1. The van der Waals surface area contributed by atoms with E-state index in [-0.39, 0.29) is 16.7 Å². The monoisotopic (exact) mass is 174 g/mol. The lowest BCUT2D eigenvalue weighted by molar-refractivity contribution is -0.654. The van der Waals surface area contributed by atoms with Crippen molar-refractivity contribution in [1.29, 1.82) is 0 Å². The van der Waals surface area contributed by atoms with E-state index >= 15 is 0 Å². The summed E-state index contributed by atoms with van der Waals surface area (Å²) in [6, 6.07) is 8.99. The second-order valence-electron chi connectivity index (χ2n) is 2.80. The number of hydrogen-bond acceptors (Lipinski definition) is 2. The zero-order valence-corrected chi connectivity index (χ0v) is 6.86. The first-order valence-electron chi connectivity index (χ1n) is 3.98. The fourth-order valence-corrected chi connectivity index (χ4v) is 1.33. The highest BCUT2D eigenvalue weighted by Crippen LogP contribution is 2.00. The molecule has 3 heteroatoms. The van der Waals surface area contributed by atoms with Crippen LogP contribution < -0.4 is 4.90 Å². The second kappa shape index (κ2) is 2.95. The van der Waals surface area contributed by atoms with Gasteiger partial charge < -0.3 is 0 Å². The molecule has 64 valence electrons. The molecule has 1 aliphatic rings. The highest BCUT2D eigenvalue weighted by molar-refractivity contribution is 6.03. The van der Waals surface area contributed by atoms with Crippen LogP contribution in [0.2, 0.25) is 0 Å². The average Bonchev–Trinajstić information content (AvgIpc) is 2.48. The molecular formula is C10H8NO2+. The van der Waals surface area contributed by atoms with Crippen LogP contribution in [0.5, 0.6) is 0 Å². The molecule has 3 nitrogen and oxygen atoms in total. The quantitative estimate of drug-likeness (QED) is 0.600. The van der Waals surface area contributed by atoms with Crippen LogP contribution in [0.15, 0.2) is 42.5 Å². The topological polar surface area (TPSA) is 38.6 Å². The lowest BCUT2D eigenvalue weighted by Crippen LogP contribution is -3.10. The first-order chi connectivity index (χ1) is 6.29. The van der Waals surface area contributed by atoms with Gasteiger partial charge in [-0.05, 0) is 0 Å². The molecule has 0 atom stereocenters. The molecule has 0 aromatic heterocycles. The summed E-state index contributed by atoms with van der Waals surface area (Å²) in [5.74, 6) is -0.396. The zero-order valence-electron chi connectivity index (χ0n) is 6.86. The molecule has 1 N–H and O–H groups in total. The van der Waals surface area contributed by atoms with Crippen LogP contribution >= 0.6 is 0 Å². The summed E-state index contributed by atoms with van der Waals surface area (Å²) in [5.41, 5.74) is 0.697. The van der Waals surface area contributed by atoms with Crippen LogP contribution in [0.25, 0.3) is 0 Å². The number of carbonyl (C=O) groups excluding carboxylic acids is 2. The van der Waals surface area contributed by atoms with Gasteiger partial charge in [0, 0.05) is 12.1 Å². The molecule has 2 rings (SSSR count). The summed E-state index contributed by atoms with van der Waals surface area (Å²) in [4.78, 5) is 22.8.